The number of imidazole rings is 1. The van der Waals surface area contributed by atoms with Gasteiger partial charge >= 0.3 is 6.03 Å². The molecule has 3 aromatic carbocycles. The quantitative estimate of drug-likeness (QED) is 0.276. The number of nitrogens with zero attached hydrogens (tertiary/aromatic N) is 4. The summed E-state index contributed by atoms with van der Waals surface area (Å²) in [4.78, 5) is 21.2. The molecule has 9 heteroatoms. The summed E-state index contributed by atoms with van der Waals surface area (Å²) in [6.07, 6.45) is 3.56. The first-order chi connectivity index (χ1) is 17.4. The molecule has 0 saturated heterocycles. The highest BCUT2D eigenvalue weighted by atomic mass is 35.5. The van der Waals surface area contributed by atoms with E-state index in [0.29, 0.717) is 34.7 Å². The molecule has 2 aromatic heterocycles. The maximum atomic E-state index is 12.3. The number of anilines is 2. The van der Waals surface area contributed by atoms with Crippen LogP contribution in [0.2, 0.25) is 5.02 Å². The summed E-state index contributed by atoms with van der Waals surface area (Å²) in [5.74, 6) is 0.814. The van der Waals surface area contributed by atoms with Crippen LogP contribution in [0.1, 0.15) is 16.7 Å². The summed E-state index contributed by atoms with van der Waals surface area (Å²) < 4.78 is 7.32. The summed E-state index contributed by atoms with van der Waals surface area (Å²) in [5.41, 5.74) is 6.21. The van der Waals surface area contributed by atoms with Crippen LogP contribution in [0, 0.1) is 13.8 Å². The first-order valence-electron chi connectivity index (χ1n) is 11.3. The van der Waals surface area contributed by atoms with Crippen molar-refractivity contribution in [1.29, 1.82) is 0 Å². The van der Waals surface area contributed by atoms with Crippen LogP contribution in [-0.4, -0.2) is 25.7 Å². The fraction of sp³-hybridized carbons (Fsp3) is 0.111. The fourth-order valence-corrected chi connectivity index (χ4v) is 3.74. The van der Waals surface area contributed by atoms with Gasteiger partial charge in [-0.1, -0.05) is 35.0 Å². The maximum absolute atomic E-state index is 12.3. The van der Waals surface area contributed by atoms with Gasteiger partial charge in [-0.05, 0) is 79.1 Å². The number of nitrogens with one attached hydrogen (secondary N) is 2. The van der Waals surface area contributed by atoms with E-state index >= 15 is 0 Å². The zero-order valence-corrected chi connectivity index (χ0v) is 20.5. The van der Waals surface area contributed by atoms with Crippen molar-refractivity contribution in [2.75, 3.05) is 10.6 Å². The lowest BCUT2D eigenvalue weighted by Crippen LogP contribution is -2.19. The standard InChI is InChI=1S/C27H23ClN6O2/c1-17-3-10-23(13-18(17)2)31-27(35)30-22-11-4-19(5-12-22)14-34-15-24(29-16-34)26-32-25(33-36-26)20-6-8-21(28)9-7-20/h3-13,15-16H,14H2,1-2H3,(H2,30,31,35). The molecule has 0 unspecified atom stereocenters. The Morgan fingerprint density at radius 1 is 0.944 bits per heavy atom. The summed E-state index contributed by atoms with van der Waals surface area (Å²) in [7, 11) is 0. The van der Waals surface area contributed by atoms with Crippen molar-refractivity contribution in [3.8, 4) is 23.0 Å². The molecule has 0 atom stereocenters. The van der Waals surface area contributed by atoms with E-state index in [-0.39, 0.29) is 6.03 Å². The molecule has 0 saturated carbocycles. The third-order valence-corrected chi connectivity index (χ3v) is 5.97. The molecule has 2 heterocycles. The molecular formula is C27H23ClN6O2. The Morgan fingerprint density at radius 2 is 1.67 bits per heavy atom. The molecule has 180 valence electrons. The molecule has 0 aliphatic carbocycles. The normalized spacial score (nSPS) is 10.9. The Balaban J connectivity index is 1.19. The smallest absolute Gasteiger partial charge is 0.323 e. The highest BCUT2D eigenvalue weighted by molar-refractivity contribution is 6.30. The van der Waals surface area contributed by atoms with Gasteiger partial charge in [0.25, 0.3) is 5.89 Å². The number of halogens is 1. The molecule has 0 radical (unpaired) electrons. The number of hydrogen-bond acceptors (Lipinski definition) is 5. The number of amides is 2. The first kappa shape index (κ1) is 23.3. The van der Waals surface area contributed by atoms with Gasteiger partial charge in [-0.3, -0.25) is 0 Å². The minimum Gasteiger partial charge on any atom is -0.332 e. The lowest BCUT2D eigenvalue weighted by Gasteiger charge is -2.10. The predicted molar refractivity (Wildman–Crippen MR) is 140 cm³/mol. The zero-order chi connectivity index (χ0) is 25.1. The Bertz CT molecular complexity index is 1510. The number of benzene rings is 3. The van der Waals surface area contributed by atoms with Crippen molar-refractivity contribution in [3.63, 3.8) is 0 Å². The van der Waals surface area contributed by atoms with Gasteiger partial charge in [0.15, 0.2) is 0 Å². The van der Waals surface area contributed by atoms with Crippen molar-refractivity contribution in [2.24, 2.45) is 0 Å². The van der Waals surface area contributed by atoms with Gasteiger partial charge in [0.05, 0.1) is 6.33 Å². The minimum absolute atomic E-state index is 0.289. The molecule has 8 nitrogen and oxygen atoms in total. The summed E-state index contributed by atoms with van der Waals surface area (Å²) in [6, 6.07) is 20.4. The molecule has 36 heavy (non-hydrogen) atoms. The molecule has 0 fully saturated rings. The number of aromatic nitrogens is 4. The average Bonchev–Trinajstić information content (AvgIpc) is 3.53. The molecule has 0 aliphatic rings. The number of carbonyl (C=O) groups excluding carboxylic acids is 1. The van der Waals surface area contributed by atoms with E-state index in [1.54, 1.807) is 18.5 Å². The summed E-state index contributed by atoms with van der Waals surface area (Å²) in [5, 5.41) is 10.4. The molecule has 2 amide bonds. The number of rotatable bonds is 6. The van der Waals surface area contributed by atoms with E-state index < -0.39 is 0 Å². The second-order valence-corrected chi connectivity index (χ2v) is 8.87. The zero-order valence-electron chi connectivity index (χ0n) is 19.7. The fourth-order valence-electron chi connectivity index (χ4n) is 3.62. The minimum atomic E-state index is -0.289. The first-order valence-corrected chi connectivity index (χ1v) is 11.7. The van der Waals surface area contributed by atoms with E-state index in [0.717, 1.165) is 22.4 Å². The van der Waals surface area contributed by atoms with Crippen LogP contribution in [0.25, 0.3) is 23.0 Å². The van der Waals surface area contributed by atoms with Gasteiger partial charge in [-0.2, -0.15) is 4.98 Å². The van der Waals surface area contributed by atoms with E-state index in [1.807, 2.05) is 79.2 Å². The van der Waals surface area contributed by atoms with Crippen molar-refractivity contribution in [2.45, 2.75) is 20.4 Å². The molecular weight excluding hydrogens is 476 g/mol. The largest absolute Gasteiger partial charge is 0.332 e. The third-order valence-electron chi connectivity index (χ3n) is 5.72. The topological polar surface area (TPSA) is 97.9 Å². The van der Waals surface area contributed by atoms with Gasteiger partial charge in [0, 0.05) is 34.7 Å². The second kappa shape index (κ2) is 10.1. The second-order valence-electron chi connectivity index (χ2n) is 8.44. The van der Waals surface area contributed by atoms with E-state index in [4.69, 9.17) is 16.1 Å². The third kappa shape index (κ3) is 5.45. The van der Waals surface area contributed by atoms with E-state index in [1.165, 1.54) is 5.56 Å². The van der Waals surface area contributed by atoms with Crippen molar-refractivity contribution in [1.82, 2.24) is 19.7 Å². The highest BCUT2D eigenvalue weighted by Gasteiger charge is 2.13. The molecule has 0 spiro atoms. The number of aryl methyl sites for hydroxylation is 2. The molecule has 5 aromatic rings. The van der Waals surface area contributed by atoms with Crippen LogP contribution >= 0.6 is 11.6 Å². The van der Waals surface area contributed by atoms with Crippen LogP contribution in [0.3, 0.4) is 0 Å². The molecule has 5 rings (SSSR count). The highest BCUT2D eigenvalue weighted by Crippen LogP contribution is 2.23. The van der Waals surface area contributed by atoms with Crippen molar-refractivity contribution >= 4 is 29.0 Å². The van der Waals surface area contributed by atoms with Gasteiger partial charge in [0.1, 0.15) is 5.69 Å². The average molecular weight is 499 g/mol. The van der Waals surface area contributed by atoms with Crippen LogP contribution in [-0.2, 0) is 6.54 Å². The molecule has 0 aliphatic heterocycles. The van der Waals surface area contributed by atoms with E-state index in [2.05, 4.69) is 25.8 Å². The van der Waals surface area contributed by atoms with Crippen LogP contribution in [0.15, 0.2) is 83.8 Å². The van der Waals surface area contributed by atoms with Crippen molar-refractivity contribution in [3.05, 3.63) is 101 Å². The number of hydrogen-bond donors (Lipinski definition) is 2. The lowest BCUT2D eigenvalue weighted by molar-refractivity contribution is 0.262. The van der Waals surface area contributed by atoms with Gasteiger partial charge < -0.3 is 19.7 Å². The SMILES string of the molecule is Cc1ccc(NC(=O)Nc2ccc(Cn3cnc(-c4nc(-c5ccc(Cl)cc5)no4)c3)cc2)cc1C. The summed E-state index contributed by atoms with van der Waals surface area (Å²) in [6.45, 7) is 4.65. The lowest BCUT2D eigenvalue weighted by atomic mass is 10.1. The Labute approximate surface area is 213 Å². The number of urea groups is 1. The van der Waals surface area contributed by atoms with Gasteiger partial charge in [0.2, 0.25) is 5.82 Å². The Kier molecular flexibility index (Phi) is 6.51. The van der Waals surface area contributed by atoms with Crippen LogP contribution in [0.4, 0.5) is 16.2 Å². The molecule has 0 bridgehead atoms. The Morgan fingerprint density at radius 3 is 2.42 bits per heavy atom. The maximum Gasteiger partial charge on any atom is 0.323 e. The van der Waals surface area contributed by atoms with Gasteiger partial charge in [-0.15, -0.1) is 0 Å². The van der Waals surface area contributed by atoms with E-state index in [9.17, 15) is 4.79 Å². The van der Waals surface area contributed by atoms with Crippen LogP contribution in [0.5, 0.6) is 0 Å². The predicted octanol–water partition coefficient (Wildman–Crippen LogP) is 6.56. The van der Waals surface area contributed by atoms with Gasteiger partial charge in [-0.25, -0.2) is 9.78 Å². The monoisotopic (exact) mass is 498 g/mol. The Hall–Kier alpha value is -4.43. The number of carbonyl (C=O) groups is 1. The molecule has 2 N–H and O–H groups in total. The summed E-state index contributed by atoms with van der Waals surface area (Å²) >= 11 is 5.94. The van der Waals surface area contributed by atoms with Crippen molar-refractivity contribution < 1.29 is 9.32 Å². The van der Waals surface area contributed by atoms with Crippen LogP contribution < -0.4 is 10.6 Å².